The van der Waals surface area contributed by atoms with Gasteiger partial charge in [0, 0.05) is 18.9 Å². The molecule has 6 heteroatoms. The molecule has 35 heavy (non-hydrogen) atoms. The van der Waals surface area contributed by atoms with Gasteiger partial charge in [-0.15, -0.1) is 0 Å². The van der Waals surface area contributed by atoms with Crippen molar-refractivity contribution in [2.75, 3.05) is 20.3 Å². The van der Waals surface area contributed by atoms with Gasteiger partial charge in [-0.3, -0.25) is 9.63 Å². The summed E-state index contributed by atoms with van der Waals surface area (Å²) in [6.45, 7) is 2.91. The van der Waals surface area contributed by atoms with Crippen LogP contribution in [0.25, 0.3) is 11.1 Å². The maximum atomic E-state index is 12.7. The number of hydrogen-bond donors (Lipinski definition) is 1. The topological polar surface area (TPSA) is 67.9 Å². The Morgan fingerprint density at radius 3 is 2.09 bits per heavy atom. The first-order chi connectivity index (χ1) is 17.1. The number of nitrogens with one attached hydrogen (secondary N) is 1. The van der Waals surface area contributed by atoms with Crippen molar-refractivity contribution in [1.29, 1.82) is 0 Å². The zero-order valence-electron chi connectivity index (χ0n) is 20.3. The molecule has 0 bridgehead atoms. The van der Waals surface area contributed by atoms with Crippen LogP contribution in [0.3, 0.4) is 0 Å². The van der Waals surface area contributed by atoms with Gasteiger partial charge >= 0.3 is 6.09 Å². The minimum atomic E-state index is -0.603. The molecule has 0 atom stereocenters. The van der Waals surface area contributed by atoms with Crippen molar-refractivity contribution in [3.8, 4) is 11.1 Å². The van der Waals surface area contributed by atoms with E-state index in [2.05, 4.69) is 48.6 Å². The number of benzene rings is 3. The Balaban J connectivity index is 1.26. The van der Waals surface area contributed by atoms with E-state index in [0.717, 1.165) is 34.6 Å². The second-order valence-electron chi connectivity index (χ2n) is 8.68. The van der Waals surface area contributed by atoms with Crippen LogP contribution >= 0.6 is 0 Å². The molecule has 1 N–H and O–H groups in total. The smallest absolute Gasteiger partial charge is 0.433 e. The van der Waals surface area contributed by atoms with Crippen molar-refractivity contribution in [2.45, 2.75) is 38.6 Å². The SMILES string of the molecule is CCCc1ccc(CNC(=O)CCN(OC)C(=O)OCC2c3ccccc3-c3ccccc32)cc1. The lowest BCUT2D eigenvalue weighted by Gasteiger charge is -2.21. The predicted octanol–water partition coefficient (Wildman–Crippen LogP) is 5.46. The summed E-state index contributed by atoms with van der Waals surface area (Å²) in [5.41, 5.74) is 6.97. The molecular weight excluding hydrogens is 440 g/mol. The molecule has 0 spiro atoms. The second kappa shape index (κ2) is 11.7. The van der Waals surface area contributed by atoms with Crippen LogP contribution in [-0.4, -0.2) is 37.3 Å². The number of hydrogen-bond acceptors (Lipinski definition) is 4. The van der Waals surface area contributed by atoms with Crippen LogP contribution in [0.2, 0.25) is 0 Å². The third-order valence-electron chi connectivity index (χ3n) is 6.35. The summed E-state index contributed by atoms with van der Waals surface area (Å²) >= 11 is 0. The molecule has 1 aliphatic carbocycles. The van der Waals surface area contributed by atoms with Crippen LogP contribution in [0.15, 0.2) is 72.8 Å². The normalized spacial score (nSPS) is 12.1. The van der Waals surface area contributed by atoms with Gasteiger partial charge in [0.25, 0.3) is 0 Å². The van der Waals surface area contributed by atoms with Gasteiger partial charge in [-0.25, -0.2) is 4.79 Å². The Kier molecular flexibility index (Phi) is 8.16. The first kappa shape index (κ1) is 24.5. The highest BCUT2D eigenvalue weighted by Gasteiger charge is 2.29. The van der Waals surface area contributed by atoms with Gasteiger partial charge in [0.05, 0.1) is 13.7 Å². The van der Waals surface area contributed by atoms with Crippen molar-refractivity contribution < 1.29 is 19.2 Å². The molecule has 1 aliphatic rings. The minimum absolute atomic E-state index is 0.0305. The molecular formula is C29H32N2O4. The van der Waals surface area contributed by atoms with Crippen molar-refractivity contribution >= 4 is 12.0 Å². The summed E-state index contributed by atoms with van der Waals surface area (Å²) in [5, 5.41) is 3.98. The van der Waals surface area contributed by atoms with Crippen LogP contribution in [0.4, 0.5) is 4.79 Å². The highest BCUT2D eigenvalue weighted by Crippen LogP contribution is 2.44. The standard InChI is InChI=1S/C29H32N2O4/c1-3-8-21-13-15-22(16-14-21)19-30-28(32)17-18-31(34-2)29(33)35-20-27-25-11-6-4-9-23(25)24-10-5-7-12-26(24)27/h4-7,9-16,27H,3,8,17-20H2,1-2H3,(H,30,32). The Bertz CT molecular complexity index is 1110. The molecule has 182 valence electrons. The van der Waals surface area contributed by atoms with E-state index in [0.29, 0.717) is 6.54 Å². The average molecular weight is 473 g/mol. The number of amides is 2. The van der Waals surface area contributed by atoms with Gasteiger partial charge < -0.3 is 10.1 Å². The van der Waals surface area contributed by atoms with Gasteiger partial charge in [0.2, 0.25) is 5.91 Å². The van der Waals surface area contributed by atoms with Crippen LogP contribution in [0.1, 0.15) is 47.9 Å². The first-order valence-corrected chi connectivity index (χ1v) is 12.1. The van der Waals surface area contributed by atoms with Crippen molar-refractivity contribution in [3.05, 3.63) is 95.1 Å². The molecule has 0 aliphatic heterocycles. The maximum Gasteiger partial charge on any atom is 0.433 e. The Morgan fingerprint density at radius 1 is 0.886 bits per heavy atom. The fourth-order valence-corrected chi connectivity index (χ4v) is 4.53. The molecule has 0 heterocycles. The van der Waals surface area contributed by atoms with Gasteiger partial charge in [-0.1, -0.05) is 86.1 Å². The van der Waals surface area contributed by atoms with Gasteiger partial charge in [0.1, 0.15) is 6.61 Å². The van der Waals surface area contributed by atoms with Crippen LogP contribution in [-0.2, 0) is 27.3 Å². The molecule has 4 rings (SSSR count). The van der Waals surface area contributed by atoms with E-state index in [4.69, 9.17) is 9.57 Å². The highest BCUT2D eigenvalue weighted by atomic mass is 16.7. The average Bonchev–Trinajstić information content (AvgIpc) is 3.21. The minimum Gasteiger partial charge on any atom is -0.447 e. The molecule has 3 aromatic rings. The van der Waals surface area contributed by atoms with E-state index in [9.17, 15) is 9.59 Å². The molecule has 6 nitrogen and oxygen atoms in total. The van der Waals surface area contributed by atoms with Gasteiger partial charge in [-0.05, 0) is 39.8 Å². The maximum absolute atomic E-state index is 12.7. The number of carbonyl (C=O) groups excluding carboxylic acids is 2. The van der Waals surface area contributed by atoms with Crippen molar-refractivity contribution in [3.63, 3.8) is 0 Å². The Hall–Kier alpha value is -3.64. The zero-order valence-corrected chi connectivity index (χ0v) is 20.3. The molecule has 0 saturated carbocycles. The van der Waals surface area contributed by atoms with E-state index < -0.39 is 6.09 Å². The molecule has 0 radical (unpaired) electrons. The largest absolute Gasteiger partial charge is 0.447 e. The van der Waals surface area contributed by atoms with Crippen LogP contribution in [0.5, 0.6) is 0 Å². The first-order valence-electron chi connectivity index (χ1n) is 12.1. The fourth-order valence-electron chi connectivity index (χ4n) is 4.53. The summed E-state index contributed by atoms with van der Waals surface area (Å²) in [6.07, 6.45) is 1.67. The fraction of sp³-hybridized carbons (Fsp3) is 0.310. The number of aryl methyl sites for hydroxylation is 1. The number of carbonyl (C=O) groups is 2. The number of hydroxylamine groups is 2. The van der Waals surface area contributed by atoms with E-state index in [1.807, 2.05) is 36.4 Å². The van der Waals surface area contributed by atoms with E-state index in [1.54, 1.807) is 0 Å². The Morgan fingerprint density at radius 2 is 1.49 bits per heavy atom. The van der Waals surface area contributed by atoms with E-state index >= 15 is 0 Å². The number of nitrogens with zero attached hydrogens (tertiary/aromatic N) is 1. The predicted molar refractivity (Wildman–Crippen MR) is 136 cm³/mol. The number of ether oxygens (including phenoxy) is 1. The Labute approximate surface area is 206 Å². The van der Waals surface area contributed by atoms with E-state index in [1.165, 1.54) is 23.8 Å². The molecule has 0 fully saturated rings. The van der Waals surface area contributed by atoms with Gasteiger partial charge in [-0.2, -0.15) is 5.06 Å². The summed E-state index contributed by atoms with van der Waals surface area (Å²) in [6, 6.07) is 24.6. The molecule has 0 saturated heterocycles. The van der Waals surface area contributed by atoms with Crippen LogP contribution < -0.4 is 5.32 Å². The summed E-state index contributed by atoms with van der Waals surface area (Å²) in [7, 11) is 1.40. The zero-order chi connectivity index (χ0) is 24.6. The van der Waals surface area contributed by atoms with E-state index in [-0.39, 0.29) is 31.4 Å². The summed E-state index contributed by atoms with van der Waals surface area (Å²) < 4.78 is 5.62. The highest BCUT2D eigenvalue weighted by molar-refractivity contribution is 5.79. The summed E-state index contributed by atoms with van der Waals surface area (Å²) in [4.78, 5) is 30.2. The van der Waals surface area contributed by atoms with Gasteiger partial charge in [0.15, 0.2) is 0 Å². The van der Waals surface area contributed by atoms with Crippen LogP contribution in [0, 0.1) is 0 Å². The molecule has 3 aromatic carbocycles. The third-order valence-corrected chi connectivity index (χ3v) is 6.35. The third kappa shape index (κ3) is 5.89. The number of rotatable bonds is 10. The molecule has 2 amide bonds. The summed E-state index contributed by atoms with van der Waals surface area (Å²) in [5.74, 6) is -0.187. The lowest BCUT2D eigenvalue weighted by Crippen LogP contribution is -2.35. The second-order valence-corrected chi connectivity index (χ2v) is 8.68. The van der Waals surface area contributed by atoms with Crippen molar-refractivity contribution in [2.24, 2.45) is 0 Å². The monoisotopic (exact) mass is 472 g/mol. The number of fused-ring (bicyclic) bond motifs is 3. The quantitative estimate of drug-likeness (QED) is 0.398. The molecule has 0 aromatic heterocycles. The lowest BCUT2D eigenvalue weighted by atomic mass is 9.98. The lowest BCUT2D eigenvalue weighted by molar-refractivity contribution is -0.129. The molecule has 0 unspecified atom stereocenters. The van der Waals surface area contributed by atoms with Crippen molar-refractivity contribution in [1.82, 2.24) is 10.4 Å².